The molecule has 1 saturated carbocycles. The molecule has 6 heteroatoms. The molecule has 3 rings (SSSR count). The van der Waals surface area contributed by atoms with Crippen molar-refractivity contribution in [2.24, 2.45) is 5.92 Å². The Bertz CT molecular complexity index is 497. The molecule has 0 atom stereocenters. The second kappa shape index (κ2) is 4.04. The number of hydrogen-bond donors (Lipinski definition) is 1. The number of nitrogens with one attached hydrogen (secondary N) is 1. The smallest absolute Gasteiger partial charge is 0.296 e. The molecular formula is C12H14N2O4. The largest absolute Gasteiger partial charge is 0.454 e. The van der Waals surface area contributed by atoms with Crippen molar-refractivity contribution in [1.82, 2.24) is 0 Å². The molecule has 0 bridgehead atoms. The van der Waals surface area contributed by atoms with Gasteiger partial charge in [0.1, 0.15) is 5.69 Å². The molecule has 1 aromatic rings. The highest BCUT2D eigenvalue weighted by atomic mass is 16.7. The molecule has 1 heterocycles. The number of ether oxygens (including phenoxy) is 2. The van der Waals surface area contributed by atoms with Gasteiger partial charge in [0, 0.05) is 12.1 Å². The van der Waals surface area contributed by atoms with E-state index in [1.165, 1.54) is 6.07 Å². The van der Waals surface area contributed by atoms with E-state index < -0.39 is 4.92 Å². The molecule has 1 aliphatic heterocycles. The van der Waals surface area contributed by atoms with E-state index >= 15 is 0 Å². The number of nitrogens with zero attached hydrogens (tertiary/aromatic N) is 1. The van der Waals surface area contributed by atoms with Crippen molar-refractivity contribution in [2.75, 3.05) is 12.1 Å². The lowest BCUT2D eigenvalue weighted by atomic mass is 9.82. The SMILES string of the molecule is CC1CC(Nc2cc3c(cc2[N+](=O)[O-])OCO3)C1. The Morgan fingerprint density at radius 3 is 2.61 bits per heavy atom. The molecule has 0 saturated heterocycles. The zero-order chi connectivity index (χ0) is 12.7. The summed E-state index contributed by atoms with van der Waals surface area (Å²) in [5, 5.41) is 14.3. The third-order valence-corrected chi connectivity index (χ3v) is 3.42. The zero-order valence-corrected chi connectivity index (χ0v) is 10.0. The van der Waals surface area contributed by atoms with E-state index in [9.17, 15) is 10.1 Å². The molecule has 1 aliphatic carbocycles. The number of nitro groups is 1. The highest BCUT2D eigenvalue weighted by molar-refractivity contribution is 5.69. The lowest BCUT2D eigenvalue weighted by molar-refractivity contribution is -0.384. The lowest BCUT2D eigenvalue weighted by Gasteiger charge is -2.33. The number of fused-ring (bicyclic) bond motifs is 1. The molecule has 0 amide bonds. The monoisotopic (exact) mass is 250 g/mol. The van der Waals surface area contributed by atoms with Crippen LogP contribution in [0.5, 0.6) is 11.5 Å². The van der Waals surface area contributed by atoms with E-state index in [1.54, 1.807) is 6.07 Å². The second-order valence-corrected chi connectivity index (χ2v) is 4.90. The van der Waals surface area contributed by atoms with Gasteiger partial charge < -0.3 is 14.8 Å². The van der Waals surface area contributed by atoms with Crippen molar-refractivity contribution in [1.29, 1.82) is 0 Å². The minimum absolute atomic E-state index is 0.0406. The Balaban J connectivity index is 1.89. The van der Waals surface area contributed by atoms with Crippen LogP contribution in [-0.4, -0.2) is 17.8 Å². The predicted octanol–water partition coefficient (Wildman–Crippen LogP) is 2.53. The molecule has 0 aromatic heterocycles. The van der Waals surface area contributed by atoms with Crippen LogP contribution in [0, 0.1) is 16.0 Å². The first-order valence-corrected chi connectivity index (χ1v) is 5.98. The van der Waals surface area contributed by atoms with Crippen LogP contribution in [0.1, 0.15) is 19.8 Å². The van der Waals surface area contributed by atoms with Crippen LogP contribution in [-0.2, 0) is 0 Å². The lowest BCUT2D eigenvalue weighted by Crippen LogP contribution is -2.33. The van der Waals surface area contributed by atoms with E-state index in [4.69, 9.17) is 9.47 Å². The van der Waals surface area contributed by atoms with Gasteiger partial charge in [0.25, 0.3) is 5.69 Å². The summed E-state index contributed by atoms with van der Waals surface area (Å²) in [6.45, 7) is 2.29. The van der Waals surface area contributed by atoms with Gasteiger partial charge >= 0.3 is 0 Å². The van der Waals surface area contributed by atoms with Crippen LogP contribution >= 0.6 is 0 Å². The van der Waals surface area contributed by atoms with E-state index in [2.05, 4.69) is 12.2 Å². The number of nitro benzene ring substituents is 1. The van der Waals surface area contributed by atoms with Crippen LogP contribution in [0.4, 0.5) is 11.4 Å². The molecule has 96 valence electrons. The molecule has 18 heavy (non-hydrogen) atoms. The number of anilines is 1. The van der Waals surface area contributed by atoms with Crippen molar-refractivity contribution < 1.29 is 14.4 Å². The Morgan fingerprint density at radius 1 is 1.33 bits per heavy atom. The van der Waals surface area contributed by atoms with Crippen LogP contribution in [0.2, 0.25) is 0 Å². The Kier molecular flexibility index (Phi) is 2.50. The summed E-state index contributed by atoms with van der Waals surface area (Å²) in [6.07, 6.45) is 2.09. The minimum atomic E-state index is -0.396. The average Bonchev–Trinajstić information content (AvgIpc) is 2.72. The Morgan fingerprint density at radius 2 is 2.00 bits per heavy atom. The van der Waals surface area contributed by atoms with Crippen LogP contribution < -0.4 is 14.8 Å². The van der Waals surface area contributed by atoms with Crippen LogP contribution in [0.15, 0.2) is 12.1 Å². The maximum Gasteiger partial charge on any atom is 0.296 e. The van der Waals surface area contributed by atoms with Gasteiger partial charge in [0.2, 0.25) is 6.79 Å². The topological polar surface area (TPSA) is 73.6 Å². The summed E-state index contributed by atoms with van der Waals surface area (Å²) in [6, 6.07) is 3.40. The zero-order valence-electron chi connectivity index (χ0n) is 10.0. The van der Waals surface area contributed by atoms with Gasteiger partial charge in [-0.15, -0.1) is 0 Å². The maximum absolute atomic E-state index is 11.0. The Labute approximate surface area is 104 Å². The van der Waals surface area contributed by atoms with Crippen LogP contribution in [0.25, 0.3) is 0 Å². The molecule has 1 fully saturated rings. The molecule has 0 unspecified atom stereocenters. The van der Waals surface area contributed by atoms with Gasteiger partial charge in [-0.1, -0.05) is 6.92 Å². The fourth-order valence-electron chi connectivity index (χ4n) is 2.44. The molecule has 0 radical (unpaired) electrons. The molecule has 6 nitrogen and oxygen atoms in total. The summed E-state index contributed by atoms with van der Waals surface area (Å²) in [4.78, 5) is 10.6. The van der Waals surface area contributed by atoms with Gasteiger partial charge in [-0.2, -0.15) is 0 Å². The van der Waals surface area contributed by atoms with E-state index in [0.29, 0.717) is 29.1 Å². The predicted molar refractivity (Wildman–Crippen MR) is 65.0 cm³/mol. The van der Waals surface area contributed by atoms with Gasteiger partial charge in [0.05, 0.1) is 11.0 Å². The molecular weight excluding hydrogens is 236 g/mol. The van der Waals surface area contributed by atoms with Gasteiger partial charge in [-0.25, -0.2) is 0 Å². The third-order valence-electron chi connectivity index (χ3n) is 3.42. The minimum Gasteiger partial charge on any atom is -0.454 e. The summed E-state index contributed by atoms with van der Waals surface area (Å²) in [5.41, 5.74) is 0.556. The van der Waals surface area contributed by atoms with Crippen molar-refractivity contribution in [2.45, 2.75) is 25.8 Å². The van der Waals surface area contributed by atoms with E-state index in [1.807, 2.05) is 0 Å². The van der Waals surface area contributed by atoms with Crippen molar-refractivity contribution in [3.63, 3.8) is 0 Å². The first-order valence-electron chi connectivity index (χ1n) is 5.98. The van der Waals surface area contributed by atoms with Crippen molar-refractivity contribution in [3.05, 3.63) is 22.2 Å². The highest BCUT2D eigenvalue weighted by Gasteiger charge is 2.29. The second-order valence-electron chi connectivity index (χ2n) is 4.90. The average molecular weight is 250 g/mol. The standard InChI is InChI=1S/C12H14N2O4/c1-7-2-8(3-7)13-9-4-11-12(18-6-17-11)5-10(9)14(15)16/h4-5,7-8,13H,2-3,6H2,1H3. The quantitative estimate of drug-likeness (QED) is 0.659. The normalized spacial score (nSPS) is 24.5. The number of rotatable bonds is 3. The Hall–Kier alpha value is -1.98. The van der Waals surface area contributed by atoms with Crippen LogP contribution in [0.3, 0.4) is 0 Å². The third kappa shape index (κ3) is 1.83. The van der Waals surface area contributed by atoms with Gasteiger partial charge in [0.15, 0.2) is 11.5 Å². The molecule has 1 aromatic carbocycles. The van der Waals surface area contributed by atoms with Gasteiger partial charge in [-0.05, 0) is 18.8 Å². The summed E-state index contributed by atoms with van der Waals surface area (Å²) >= 11 is 0. The first-order chi connectivity index (χ1) is 8.63. The summed E-state index contributed by atoms with van der Waals surface area (Å²) in [5.74, 6) is 1.69. The molecule has 1 N–H and O–H groups in total. The van der Waals surface area contributed by atoms with E-state index in [0.717, 1.165) is 12.8 Å². The summed E-state index contributed by atoms with van der Waals surface area (Å²) in [7, 11) is 0. The number of benzene rings is 1. The fraction of sp³-hybridized carbons (Fsp3) is 0.500. The highest BCUT2D eigenvalue weighted by Crippen LogP contribution is 2.42. The molecule has 2 aliphatic rings. The summed E-state index contributed by atoms with van der Waals surface area (Å²) < 4.78 is 10.4. The molecule has 0 spiro atoms. The van der Waals surface area contributed by atoms with E-state index in [-0.39, 0.29) is 12.5 Å². The fourth-order valence-corrected chi connectivity index (χ4v) is 2.44. The van der Waals surface area contributed by atoms with Gasteiger partial charge in [-0.3, -0.25) is 10.1 Å². The maximum atomic E-state index is 11.0. The first kappa shape index (κ1) is 11.1. The van der Waals surface area contributed by atoms with Crippen molar-refractivity contribution >= 4 is 11.4 Å². The van der Waals surface area contributed by atoms with Crippen molar-refractivity contribution in [3.8, 4) is 11.5 Å². The number of hydrogen-bond acceptors (Lipinski definition) is 5.